The molecule has 2 unspecified atom stereocenters. The van der Waals surface area contributed by atoms with Gasteiger partial charge in [0, 0.05) is 5.25 Å². The van der Waals surface area contributed by atoms with Crippen molar-refractivity contribution in [2.45, 2.75) is 134 Å². The molecule has 0 rings (SSSR count). The van der Waals surface area contributed by atoms with Crippen LogP contribution in [0.25, 0.3) is 0 Å². The van der Waals surface area contributed by atoms with Gasteiger partial charge < -0.3 is 9.66 Å². The summed E-state index contributed by atoms with van der Waals surface area (Å²) in [7, 11) is -4.13. The Hall–Kier alpha value is 0.870. The molecule has 0 aromatic carbocycles. The zero-order valence-electron chi connectivity index (χ0n) is 18.3. The van der Waals surface area contributed by atoms with Crippen molar-refractivity contribution in [1.29, 1.82) is 0 Å². The van der Waals surface area contributed by atoms with Crippen LogP contribution in [0.4, 0.5) is 0 Å². The Balaban J connectivity index is 0. The minimum absolute atomic E-state index is 0. The van der Waals surface area contributed by atoms with Gasteiger partial charge in [-0.1, -0.05) is 96.8 Å². The normalized spacial score (nSPS) is 13.9. The molecule has 0 saturated heterocycles. The van der Waals surface area contributed by atoms with Gasteiger partial charge in [0.05, 0.1) is 16.2 Å². The maximum atomic E-state index is 10.8. The van der Waals surface area contributed by atoms with Gasteiger partial charge in [0.25, 0.3) is 0 Å². The first kappa shape index (κ1) is 30.1. The van der Waals surface area contributed by atoms with Gasteiger partial charge in [-0.2, -0.15) is 0 Å². The van der Waals surface area contributed by atoms with Crippen molar-refractivity contribution in [3.63, 3.8) is 0 Å². The van der Waals surface area contributed by atoms with Crippen LogP contribution in [-0.2, 0) is 10.1 Å². The molecular weight excluding hydrogens is 371 g/mol. The van der Waals surface area contributed by atoms with Crippen LogP contribution >= 0.6 is 0 Å². The first-order valence-corrected chi connectivity index (χ1v) is 12.5. The summed E-state index contributed by atoms with van der Waals surface area (Å²) in [6.07, 6.45) is 18.9. The molecule has 0 amide bonds. The van der Waals surface area contributed by atoms with Crippen LogP contribution < -0.4 is 29.6 Å². The Kier molecular flexibility index (Phi) is 22.4. The van der Waals surface area contributed by atoms with E-state index in [2.05, 4.69) is 6.92 Å². The van der Waals surface area contributed by atoms with Gasteiger partial charge in [-0.05, 0) is 26.2 Å². The second kappa shape index (κ2) is 20.2. The van der Waals surface area contributed by atoms with E-state index in [0.29, 0.717) is 6.42 Å². The summed E-state index contributed by atoms with van der Waals surface area (Å²) in [4.78, 5) is 0. The molecule has 0 aliphatic heterocycles. The van der Waals surface area contributed by atoms with Crippen molar-refractivity contribution in [2.24, 2.45) is 0 Å². The van der Waals surface area contributed by atoms with E-state index < -0.39 is 15.4 Å². The minimum atomic E-state index is -4.13. The third-order valence-corrected chi connectivity index (χ3v) is 6.50. The Morgan fingerprint density at radius 1 is 0.704 bits per heavy atom. The SMILES string of the molecule is CCCCCCCCCCCCCC(O)CCCCCC(C)S(=O)(=O)[O-].[Na+]. The molecule has 0 aromatic rings. The molecule has 0 heterocycles. The Labute approximate surface area is 191 Å². The topological polar surface area (TPSA) is 77.4 Å². The van der Waals surface area contributed by atoms with Crippen molar-refractivity contribution >= 4 is 10.1 Å². The second-order valence-electron chi connectivity index (χ2n) is 7.92. The number of rotatable bonds is 19. The van der Waals surface area contributed by atoms with E-state index in [1.165, 1.54) is 71.1 Å². The molecule has 1 N–H and O–H groups in total. The van der Waals surface area contributed by atoms with Crippen molar-refractivity contribution in [3.05, 3.63) is 0 Å². The summed E-state index contributed by atoms with van der Waals surface area (Å²) < 4.78 is 32.4. The summed E-state index contributed by atoms with van der Waals surface area (Å²) in [5.41, 5.74) is 0. The van der Waals surface area contributed by atoms with Gasteiger partial charge in [-0.3, -0.25) is 0 Å². The zero-order chi connectivity index (χ0) is 19.7. The summed E-state index contributed by atoms with van der Waals surface area (Å²) in [5.74, 6) is 0. The standard InChI is InChI=1S/C21H44O4S.Na/c1-3-4-5-6-7-8-9-10-11-12-15-18-21(22)19-16-13-14-17-20(2)26(23,24)25;/h20-22H,3-19H2,1-2H3,(H,23,24,25);/q;+1/p-1. The quantitative estimate of drug-likeness (QED) is 0.200. The molecule has 27 heavy (non-hydrogen) atoms. The molecule has 0 aliphatic carbocycles. The largest absolute Gasteiger partial charge is 1.00 e. The number of aliphatic hydroxyl groups excluding tert-OH is 1. The molecule has 0 saturated carbocycles. The van der Waals surface area contributed by atoms with Gasteiger partial charge in [0.1, 0.15) is 0 Å². The second-order valence-corrected chi connectivity index (χ2v) is 9.71. The molecule has 0 aromatic heterocycles. The summed E-state index contributed by atoms with van der Waals surface area (Å²) >= 11 is 0. The molecule has 6 heteroatoms. The first-order valence-electron chi connectivity index (χ1n) is 11.0. The third kappa shape index (κ3) is 21.4. The van der Waals surface area contributed by atoms with Gasteiger partial charge in [0.15, 0.2) is 0 Å². The van der Waals surface area contributed by atoms with E-state index in [-0.39, 0.29) is 35.7 Å². The average molecular weight is 415 g/mol. The molecule has 2 atom stereocenters. The van der Waals surface area contributed by atoms with Crippen molar-refractivity contribution < 1.29 is 47.6 Å². The van der Waals surface area contributed by atoms with Crippen molar-refractivity contribution in [3.8, 4) is 0 Å². The molecule has 0 spiro atoms. The fourth-order valence-electron chi connectivity index (χ4n) is 3.32. The maximum Gasteiger partial charge on any atom is 1.00 e. The van der Waals surface area contributed by atoms with Gasteiger partial charge in [0.2, 0.25) is 0 Å². The van der Waals surface area contributed by atoms with Crippen LogP contribution in [0.5, 0.6) is 0 Å². The number of hydrogen-bond donors (Lipinski definition) is 1. The van der Waals surface area contributed by atoms with Crippen LogP contribution in [-0.4, -0.2) is 29.4 Å². The van der Waals surface area contributed by atoms with Crippen LogP contribution in [0.2, 0.25) is 0 Å². The average Bonchev–Trinajstić information content (AvgIpc) is 2.58. The van der Waals surface area contributed by atoms with Gasteiger partial charge in [-0.25, -0.2) is 8.42 Å². The molecule has 4 nitrogen and oxygen atoms in total. The monoisotopic (exact) mass is 414 g/mol. The van der Waals surface area contributed by atoms with Crippen LogP contribution in [0.1, 0.15) is 123 Å². The van der Waals surface area contributed by atoms with E-state index in [1.807, 2.05) is 0 Å². The Morgan fingerprint density at radius 3 is 1.44 bits per heavy atom. The summed E-state index contributed by atoms with van der Waals surface area (Å²) in [5, 5.41) is 9.20. The van der Waals surface area contributed by atoms with E-state index in [1.54, 1.807) is 0 Å². The van der Waals surface area contributed by atoms with Crippen molar-refractivity contribution in [2.75, 3.05) is 0 Å². The van der Waals surface area contributed by atoms with Crippen LogP contribution in [0, 0.1) is 0 Å². The van der Waals surface area contributed by atoms with Gasteiger partial charge >= 0.3 is 29.6 Å². The molecule has 0 radical (unpaired) electrons. The number of hydrogen-bond acceptors (Lipinski definition) is 4. The first-order chi connectivity index (χ1) is 12.4. The molecule has 0 bridgehead atoms. The third-order valence-electron chi connectivity index (χ3n) is 5.28. The summed E-state index contributed by atoms with van der Waals surface area (Å²) in [6.45, 7) is 3.73. The molecular formula is C21H43NaO4S. The van der Waals surface area contributed by atoms with Crippen molar-refractivity contribution in [1.82, 2.24) is 0 Å². The number of unbranched alkanes of at least 4 members (excludes halogenated alkanes) is 12. The number of aliphatic hydroxyl groups is 1. The minimum Gasteiger partial charge on any atom is -0.748 e. The van der Waals surface area contributed by atoms with E-state index in [9.17, 15) is 18.1 Å². The fraction of sp³-hybridized carbons (Fsp3) is 1.00. The molecule has 0 fully saturated rings. The predicted octanol–water partition coefficient (Wildman–Crippen LogP) is 2.94. The fourth-order valence-corrected chi connectivity index (χ4v) is 3.78. The maximum absolute atomic E-state index is 10.8. The smallest absolute Gasteiger partial charge is 0.748 e. The van der Waals surface area contributed by atoms with Crippen LogP contribution in [0.3, 0.4) is 0 Å². The summed E-state index contributed by atoms with van der Waals surface area (Å²) in [6, 6.07) is 0. The Bertz CT molecular complexity index is 401. The zero-order valence-corrected chi connectivity index (χ0v) is 21.1. The predicted molar refractivity (Wildman–Crippen MR) is 109 cm³/mol. The molecule has 158 valence electrons. The Morgan fingerprint density at radius 2 is 1.04 bits per heavy atom. The van der Waals surface area contributed by atoms with E-state index in [0.717, 1.165) is 38.5 Å². The van der Waals surface area contributed by atoms with E-state index in [4.69, 9.17) is 0 Å². The molecule has 0 aliphatic rings. The van der Waals surface area contributed by atoms with E-state index >= 15 is 0 Å². The van der Waals surface area contributed by atoms with Crippen LogP contribution in [0.15, 0.2) is 0 Å². The van der Waals surface area contributed by atoms with Gasteiger partial charge in [-0.15, -0.1) is 0 Å².